The second kappa shape index (κ2) is 10.7. The highest BCUT2D eigenvalue weighted by Crippen LogP contribution is 2.40. The molecule has 1 rings (SSSR count). The first-order valence-electron chi connectivity index (χ1n) is 9.46. The van der Waals surface area contributed by atoms with Crippen LogP contribution < -0.4 is 5.32 Å². The first kappa shape index (κ1) is 18.0. The first-order valence-corrected chi connectivity index (χ1v) is 9.46. The Morgan fingerprint density at radius 2 is 1.45 bits per heavy atom. The van der Waals surface area contributed by atoms with Crippen LogP contribution in [0.15, 0.2) is 0 Å². The molecule has 120 valence electrons. The quantitative estimate of drug-likeness (QED) is 0.453. The van der Waals surface area contributed by atoms with Crippen LogP contribution in [0.3, 0.4) is 0 Å². The van der Waals surface area contributed by atoms with Gasteiger partial charge in [-0.05, 0) is 31.2 Å². The van der Waals surface area contributed by atoms with Crippen LogP contribution in [0.5, 0.6) is 0 Å². The molecule has 20 heavy (non-hydrogen) atoms. The molecule has 0 saturated heterocycles. The zero-order valence-corrected chi connectivity index (χ0v) is 14.5. The maximum absolute atomic E-state index is 3.80. The third-order valence-corrected chi connectivity index (χ3v) is 5.38. The van der Waals surface area contributed by atoms with Gasteiger partial charge in [-0.1, -0.05) is 85.0 Å². The normalized spacial score (nSPS) is 19.9. The fourth-order valence-electron chi connectivity index (χ4n) is 3.96. The molecule has 1 atom stereocenters. The van der Waals surface area contributed by atoms with E-state index in [0.717, 1.165) is 12.6 Å². The minimum absolute atomic E-state index is 0.580. The summed E-state index contributed by atoms with van der Waals surface area (Å²) < 4.78 is 0. The highest BCUT2D eigenvalue weighted by molar-refractivity contribution is 4.89. The molecule has 1 N–H and O–H groups in total. The van der Waals surface area contributed by atoms with E-state index in [1.54, 1.807) is 0 Å². The standard InChI is InChI=1S/C19H39N/c1-4-6-7-8-9-10-12-15-18(20-5-2)19(3)16-13-11-14-17-19/h18,20H,4-17H2,1-3H3. The minimum Gasteiger partial charge on any atom is -0.314 e. The van der Waals surface area contributed by atoms with Gasteiger partial charge in [-0.3, -0.25) is 0 Å². The minimum atomic E-state index is 0.580. The predicted octanol–water partition coefficient (Wildman–Crippen LogP) is 6.08. The van der Waals surface area contributed by atoms with Crippen LogP contribution in [0.2, 0.25) is 0 Å². The van der Waals surface area contributed by atoms with Gasteiger partial charge in [0.25, 0.3) is 0 Å². The van der Waals surface area contributed by atoms with Gasteiger partial charge < -0.3 is 5.32 Å². The fourth-order valence-corrected chi connectivity index (χ4v) is 3.96. The molecule has 1 nitrogen and oxygen atoms in total. The summed E-state index contributed by atoms with van der Waals surface area (Å²) in [6.45, 7) is 8.24. The van der Waals surface area contributed by atoms with Crippen molar-refractivity contribution in [3.05, 3.63) is 0 Å². The van der Waals surface area contributed by atoms with Gasteiger partial charge >= 0.3 is 0 Å². The van der Waals surface area contributed by atoms with E-state index in [0.29, 0.717) is 5.41 Å². The number of hydrogen-bond donors (Lipinski definition) is 1. The summed E-state index contributed by atoms with van der Waals surface area (Å²) in [5.41, 5.74) is 0.580. The van der Waals surface area contributed by atoms with Crippen molar-refractivity contribution >= 4 is 0 Å². The molecule has 1 saturated carbocycles. The molecular weight excluding hydrogens is 242 g/mol. The molecule has 1 fully saturated rings. The maximum atomic E-state index is 3.80. The molecule has 0 aromatic rings. The van der Waals surface area contributed by atoms with Gasteiger partial charge in [-0.25, -0.2) is 0 Å². The molecule has 1 unspecified atom stereocenters. The lowest BCUT2D eigenvalue weighted by Crippen LogP contribution is -2.44. The van der Waals surface area contributed by atoms with Crippen molar-refractivity contribution in [3.8, 4) is 0 Å². The summed E-state index contributed by atoms with van der Waals surface area (Å²) in [5, 5.41) is 3.80. The average molecular weight is 282 g/mol. The fraction of sp³-hybridized carbons (Fsp3) is 1.00. The van der Waals surface area contributed by atoms with Crippen molar-refractivity contribution in [2.75, 3.05) is 6.54 Å². The van der Waals surface area contributed by atoms with E-state index >= 15 is 0 Å². The van der Waals surface area contributed by atoms with Gasteiger partial charge in [0.05, 0.1) is 0 Å². The third-order valence-electron chi connectivity index (χ3n) is 5.38. The number of nitrogens with one attached hydrogen (secondary N) is 1. The summed E-state index contributed by atoms with van der Waals surface area (Å²) in [5.74, 6) is 0. The Bertz CT molecular complexity index is 218. The Morgan fingerprint density at radius 3 is 2.05 bits per heavy atom. The van der Waals surface area contributed by atoms with Crippen LogP contribution >= 0.6 is 0 Å². The van der Waals surface area contributed by atoms with E-state index < -0.39 is 0 Å². The van der Waals surface area contributed by atoms with E-state index in [9.17, 15) is 0 Å². The zero-order chi connectivity index (χ0) is 14.7. The van der Waals surface area contributed by atoms with E-state index in [4.69, 9.17) is 0 Å². The number of hydrogen-bond acceptors (Lipinski definition) is 1. The summed E-state index contributed by atoms with van der Waals surface area (Å²) in [4.78, 5) is 0. The van der Waals surface area contributed by atoms with E-state index in [2.05, 4.69) is 26.1 Å². The van der Waals surface area contributed by atoms with Crippen molar-refractivity contribution in [1.82, 2.24) is 5.32 Å². The largest absolute Gasteiger partial charge is 0.314 e. The third kappa shape index (κ3) is 6.61. The Labute approximate surface area is 128 Å². The molecule has 0 amide bonds. The topological polar surface area (TPSA) is 12.0 Å². The monoisotopic (exact) mass is 281 g/mol. The van der Waals surface area contributed by atoms with Crippen molar-refractivity contribution in [2.24, 2.45) is 5.41 Å². The lowest BCUT2D eigenvalue weighted by molar-refractivity contribution is 0.136. The van der Waals surface area contributed by atoms with Crippen LogP contribution in [0.25, 0.3) is 0 Å². The molecule has 0 aromatic carbocycles. The van der Waals surface area contributed by atoms with E-state index in [-0.39, 0.29) is 0 Å². The maximum Gasteiger partial charge on any atom is 0.0121 e. The molecule has 0 bridgehead atoms. The Kier molecular flexibility index (Phi) is 9.59. The smallest absolute Gasteiger partial charge is 0.0121 e. The zero-order valence-electron chi connectivity index (χ0n) is 14.5. The first-order chi connectivity index (χ1) is 9.73. The number of unbranched alkanes of at least 4 members (excludes halogenated alkanes) is 6. The van der Waals surface area contributed by atoms with Crippen LogP contribution in [0.4, 0.5) is 0 Å². The van der Waals surface area contributed by atoms with E-state index in [1.807, 2.05) is 0 Å². The molecule has 0 aliphatic heterocycles. The Morgan fingerprint density at radius 1 is 0.850 bits per heavy atom. The molecule has 0 spiro atoms. The van der Waals surface area contributed by atoms with E-state index in [1.165, 1.54) is 83.5 Å². The van der Waals surface area contributed by atoms with Crippen LogP contribution in [-0.4, -0.2) is 12.6 Å². The van der Waals surface area contributed by atoms with Crippen LogP contribution in [0, 0.1) is 5.41 Å². The highest BCUT2D eigenvalue weighted by atomic mass is 14.9. The predicted molar refractivity (Wildman–Crippen MR) is 91.3 cm³/mol. The molecule has 1 aliphatic rings. The Hall–Kier alpha value is -0.0400. The summed E-state index contributed by atoms with van der Waals surface area (Å²) >= 11 is 0. The van der Waals surface area contributed by atoms with Gasteiger partial charge in [0, 0.05) is 6.04 Å². The highest BCUT2D eigenvalue weighted by Gasteiger charge is 2.34. The van der Waals surface area contributed by atoms with Gasteiger partial charge in [-0.2, -0.15) is 0 Å². The van der Waals surface area contributed by atoms with Crippen molar-refractivity contribution < 1.29 is 0 Å². The summed E-state index contributed by atoms with van der Waals surface area (Å²) in [7, 11) is 0. The number of rotatable bonds is 11. The van der Waals surface area contributed by atoms with Gasteiger partial charge in [0.15, 0.2) is 0 Å². The second-order valence-electron chi connectivity index (χ2n) is 7.23. The molecule has 1 heteroatoms. The lowest BCUT2D eigenvalue weighted by Gasteiger charge is -2.41. The SMILES string of the molecule is CCCCCCCCCC(NCC)C1(C)CCCCC1. The van der Waals surface area contributed by atoms with Crippen LogP contribution in [0.1, 0.15) is 104 Å². The van der Waals surface area contributed by atoms with Crippen molar-refractivity contribution in [2.45, 2.75) is 110 Å². The second-order valence-corrected chi connectivity index (χ2v) is 7.23. The van der Waals surface area contributed by atoms with Crippen molar-refractivity contribution in [3.63, 3.8) is 0 Å². The molecule has 0 aromatic heterocycles. The van der Waals surface area contributed by atoms with Gasteiger partial charge in [0.2, 0.25) is 0 Å². The average Bonchev–Trinajstić information content (AvgIpc) is 2.46. The molecule has 0 radical (unpaired) electrons. The Balaban J connectivity index is 2.21. The van der Waals surface area contributed by atoms with Crippen LogP contribution in [-0.2, 0) is 0 Å². The lowest BCUT2D eigenvalue weighted by atomic mass is 9.69. The molecule has 0 heterocycles. The van der Waals surface area contributed by atoms with Gasteiger partial charge in [0.1, 0.15) is 0 Å². The van der Waals surface area contributed by atoms with Crippen molar-refractivity contribution in [1.29, 1.82) is 0 Å². The van der Waals surface area contributed by atoms with Gasteiger partial charge in [-0.15, -0.1) is 0 Å². The summed E-state index contributed by atoms with van der Waals surface area (Å²) in [6.07, 6.45) is 18.7. The molecule has 1 aliphatic carbocycles. The summed E-state index contributed by atoms with van der Waals surface area (Å²) in [6, 6.07) is 0.767. The molecular formula is C19H39N.